The lowest BCUT2D eigenvalue weighted by atomic mass is 10.1. The highest BCUT2D eigenvalue weighted by Crippen LogP contribution is 2.48. The van der Waals surface area contributed by atoms with Crippen molar-refractivity contribution >= 4 is 34.6 Å². The Morgan fingerprint density at radius 1 is 1.15 bits per heavy atom. The zero-order valence-electron chi connectivity index (χ0n) is 13.9. The number of carbonyl (C=O) groups is 2. The molecule has 1 aliphatic heterocycles. The maximum Gasteiger partial charge on any atom is 0.291 e. The first kappa shape index (κ1) is 18.5. The van der Waals surface area contributed by atoms with Crippen LogP contribution in [-0.2, 0) is 9.59 Å². The van der Waals surface area contributed by atoms with E-state index in [-0.39, 0.29) is 11.8 Å². The van der Waals surface area contributed by atoms with Crippen LogP contribution in [0.2, 0.25) is 0 Å². The highest BCUT2D eigenvalue weighted by molar-refractivity contribution is 6.04. The number of nitrogens with one attached hydrogen (secondary N) is 1. The fourth-order valence-electron chi connectivity index (χ4n) is 2.45. The lowest BCUT2D eigenvalue weighted by Gasteiger charge is -2.30. The smallest absolute Gasteiger partial charge is 0.291 e. The number of fused-ring (bicyclic) bond motifs is 2. The third-order valence-electron chi connectivity index (χ3n) is 3.28. The van der Waals surface area contributed by atoms with Gasteiger partial charge in [0.25, 0.3) is 5.09 Å². The Kier molecular flexibility index (Phi) is 5.26. The molecular weight excluding hydrogens is 344 g/mol. The zero-order chi connectivity index (χ0) is 19.4. The molecule has 1 aliphatic rings. The second-order valence-electron chi connectivity index (χ2n) is 5.29. The molecule has 0 saturated heterocycles. The normalized spacial score (nSPS) is 11.1. The molecule has 136 valence electrons. The van der Waals surface area contributed by atoms with Gasteiger partial charge in [-0.3, -0.25) is 14.5 Å². The molecule has 3 rings (SSSR count). The number of hydrogen-bond acceptors (Lipinski definition) is 6. The number of nitrogens with zero attached hydrogens (tertiary/aromatic N) is 2. The monoisotopic (exact) mass is 360 g/mol. The van der Waals surface area contributed by atoms with Gasteiger partial charge in [-0.25, -0.2) is 0 Å². The quantitative estimate of drug-likeness (QED) is 0.402. The van der Waals surface area contributed by atoms with Crippen molar-refractivity contribution in [3.8, 4) is 11.5 Å². The Hall–Kier alpha value is -3.82. The van der Waals surface area contributed by atoms with Gasteiger partial charge in [-0.1, -0.05) is 0 Å². The maximum atomic E-state index is 12.0. The molecule has 0 spiro atoms. The summed E-state index contributed by atoms with van der Waals surface area (Å²) in [5, 5.41) is 16.3. The first-order chi connectivity index (χ1) is 12.2. The van der Waals surface area contributed by atoms with Crippen molar-refractivity contribution in [1.82, 2.24) is 0 Å². The number of hydrogen-bond donors (Lipinski definition) is 3. The van der Waals surface area contributed by atoms with Crippen LogP contribution in [0.15, 0.2) is 36.4 Å². The molecule has 0 bridgehead atoms. The minimum absolute atomic E-state index is 0.136. The van der Waals surface area contributed by atoms with Gasteiger partial charge in [0.05, 0.1) is 11.4 Å². The minimum atomic E-state index is -1.50. The van der Waals surface area contributed by atoms with Crippen molar-refractivity contribution < 1.29 is 24.6 Å². The molecule has 0 aromatic heterocycles. The van der Waals surface area contributed by atoms with Crippen molar-refractivity contribution in [2.75, 3.05) is 16.0 Å². The summed E-state index contributed by atoms with van der Waals surface area (Å²) >= 11 is 0. The minimum Gasteiger partial charge on any atom is -0.453 e. The van der Waals surface area contributed by atoms with Crippen molar-refractivity contribution in [3.05, 3.63) is 46.5 Å². The number of nitrogen functional groups attached to an aromatic ring is 1. The molecule has 4 N–H and O–H groups in total. The number of carbonyl (C=O) groups excluding carboxylic acids is 2. The molecule has 10 nitrogen and oxygen atoms in total. The average Bonchev–Trinajstić information content (AvgIpc) is 2.50. The summed E-state index contributed by atoms with van der Waals surface area (Å²) in [6, 6.07) is 10.3. The second-order valence-corrected chi connectivity index (χ2v) is 5.29. The van der Waals surface area contributed by atoms with Crippen LogP contribution >= 0.6 is 0 Å². The summed E-state index contributed by atoms with van der Waals surface area (Å²) in [6.45, 7) is 2.91. The first-order valence-electron chi connectivity index (χ1n) is 7.32. The van der Waals surface area contributed by atoms with E-state index in [1.165, 1.54) is 13.8 Å². The van der Waals surface area contributed by atoms with Gasteiger partial charge in [0.15, 0.2) is 11.5 Å². The van der Waals surface area contributed by atoms with Crippen LogP contribution in [0.3, 0.4) is 0 Å². The van der Waals surface area contributed by atoms with Gasteiger partial charge in [-0.2, -0.15) is 0 Å². The van der Waals surface area contributed by atoms with Crippen LogP contribution in [0, 0.1) is 10.1 Å². The number of anilines is 4. The molecule has 2 aromatic rings. The van der Waals surface area contributed by atoms with Gasteiger partial charge < -0.3 is 21.0 Å². The lowest BCUT2D eigenvalue weighted by molar-refractivity contribution is -0.742. The van der Waals surface area contributed by atoms with Crippen molar-refractivity contribution in [2.45, 2.75) is 13.8 Å². The fourth-order valence-corrected chi connectivity index (χ4v) is 2.45. The van der Waals surface area contributed by atoms with Gasteiger partial charge >= 0.3 is 0 Å². The molecular formula is C16H16N4O6. The Bertz CT molecular complexity index is 879. The van der Waals surface area contributed by atoms with Gasteiger partial charge in [-0.15, -0.1) is 10.1 Å². The topological polar surface area (TPSA) is 148 Å². The Balaban J connectivity index is 0.000000552. The molecule has 10 heteroatoms. The van der Waals surface area contributed by atoms with Crippen molar-refractivity contribution in [2.24, 2.45) is 0 Å². The largest absolute Gasteiger partial charge is 0.453 e. The molecule has 1 heterocycles. The predicted octanol–water partition coefficient (Wildman–Crippen LogP) is 2.67. The lowest BCUT2D eigenvalue weighted by Crippen LogP contribution is -2.26. The van der Waals surface area contributed by atoms with E-state index < -0.39 is 5.09 Å². The number of benzene rings is 2. The van der Waals surface area contributed by atoms with Crippen LogP contribution in [0.4, 0.5) is 22.7 Å². The van der Waals surface area contributed by atoms with Gasteiger partial charge in [-0.05, 0) is 24.3 Å². The summed E-state index contributed by atoms with van der Waals surface area (Å²) in [6.07, 6.45) is 0. The average molecular weight is 360 g/mol. The van der Waals surface area contributed by atoms with Crippen molar-refractivity contribution in [1.29, 1.82) is 0 Å². The molecule has 0 aliphatic carbocycles. The molecule has 0 radical (unpaired) electrons. The van der Waals surface area contributed by atoms with Crippen LogP contribution in [0.5, 0.6) is 11.5 Å². The van der Waals surface area contributed by atoms with Crippen LogP contribution < -0.4 is 20.7 Å². The molecule has 2 amide bonds. The van der Waals surface area contributed by atoms with Gasteiger partial charge in [0.1, 0.15) is 0 Å². The standard InChI is InChI=1S/C16H15N3O3.HNO3/c1-9(20)18-12-4-6-14-16(8-12)22-15-7-11(17)3-5-13(15)19(14)10(2)21;2-1(3)4/h3-8H,17H2,1-2H3,(H,18,20);(H,2,3,4). The summed E-state index contributed by atoms with van der Waals surface area (Å²) in [7, 11) is 0. The second kappa shape index (κ2) is 7.38. The Labute approximate surface area is 147 Å². The van der Waals surface area contributed by atoms with E-state index >= 15 is 0 Å². The number of nitrogens with two attached hydrogens (primary N) is 1. The zero-order valence-corrected chi connectivity index (χ0v) is 13.9. The number of ether oxygens (including phenoxy) is 1. The third kappa shape index (κ3) is 4.17. The predicted molar refractivity (Wildman–Crippen MR) is 93.3 cm³/mol. The molecule has 0 fully saturated rings. The molecule has 26 heavy (non-hydrogen) atoms. The Morgan fingerprint density at radius 3 is 2.23 bits per heavy atom. The molecule has 0 atom stereocenters. The molecule has 2 aromatic carbocycles. The highest BCUT2D eigenvalue weighted by Gasteiger charge is 2.27. The summed E-state index contributed by atoms with van der Waals surface area (Å²) in [5.74, 6) is 0.675. The van der Waals surface area contributed by atoms with Crippen LogP contribution in [0.25, 0.3) is 0 Å². The molecule has 0 saturated carbocycles. The van der Waals surface area contributed by atoms with Gasteiger partial charge in [0.2, 0.25) is 11.8 Å². The van der Waals surface area contributed by atoms with Crippen LogP contribution in [-0.4, -0.2) is 22.1 Å². The molecule has 0 unspecified atom stereocenters. The first-order valence-corrected chi connectivity index (χ1v) is 7.32. The summed E-state index contributed by atoms with van der Waals surface area (Å²) < 4.78 is 5.84. The van der Waals surface area contributed by atoms with E-state index in [1.807, 2.05) is 0 Å². The van der Waals surface area contributed by atoms with E-state index in [2.05, 4.69) is 5.32 Å². The van der Waals surface area contributed by atoms with E-state index in [0.717, 1.165) is 0 Å². The van der Waals surface area contributed by atoms with Crippen molar-refractivity contribution in [3.63, 3.8) is 0 Å². The Morgan fingerprint density at radius 2 is 1.69 bits per heavy atom. The number of rotatable bonds is 1. The summed E-state index contributed by atoms with van der Waals surface area (Å²) in [5.41, 5.74) is 8.19. The number of amides is 2. The fraction of sp³-hybridized carbons (Fsp3) is 0.125. The highest BCUT2D eigenvalue weighted by atomic mass is 16.9. The SMILES string of the molecule is CC(=O)Nc1ccc2c(c1)Oc1cc(N)ccc1N2C(C)=O.O=[N+]([O-])O. The van der Waals surface area contributed by atoms with E-state index in [1.54, 1.807) is 41.3 Å². The third-order valence-corrected chi connectivity index (χ3v) is 3.28. The van der Waals surface area contributed by atoms with Gasteiger partial charge in [0, 0.05) is 37.4 Å². The van der Waals surface area contributed by atoms with Crippen LogP contribution in [0.1, 0.15) is 13.8 Å². The van der Waals surface area contributed by atoms with E-state index in [0.29, 0.717) is 34.2 Å². The maximum absolute atomic E-state index is 12.0. The summed E-state index contributed by atoms with van der Waals surface area (Å²) in [4.78, 5) is 33.1. The van der Waals surface area contributed by atoms with E-state index in [9.17, 15) is 9.59 Å². The van der Waals surface area contributed by atoms with E-state index in [4.69, 9.17) is 25.8 Å².